The second-order valence-electron chi connectivity index (χ2n) is 7.25. The first-order chi connectivity index (χ1) is 16.0. The molecule has 0 spiro atoms. The highest BCUT2D eigenvalue weighted by atomic mass is 32.2. The predicted octanol–water partition coefficient (Wildman–Crippen LogP) is 5.46. The Morgan fingerprint density at radius 2 is 1.42 bits per heavy atom. The minimum Gasteiger partial charge on any atom is -0.383 e. The lowest BCUT2D eigenvalue weighted by Crippen LogP contribution is -2.19. The van der Waals surface area contributed by atoms with Crippen LogP contribution in [0.1, 0.15) is 15.9 Å². The van der Waals surface area contributed by atoms with E-state index in [2.05, 4.69) is 27.5 Å². The molecule has 0 bridgehead atoms. The molecule has 8 heteroatoms. The van der Waals surface area contributed by atoms with Crippen molar-refractivity contribution in [3.8, 4) is 0 Å². The van der Waals surface area contributed by atoms with Gasteiger partial charge in [0.1, 0.15) is 4.21 Å². The summed E-state index contributed by atoms with van der Waals surface area (Å²) in [4.78, 5) is 13.1. The van der Waals surface area contributed by atoms with Gasteiger partial charge in [0.25, 0.3) is 15.9 Å². The number of para-hydroxylation sites is 3. The van der Waals surface area contributed by atoms with Crippen molar-refractivity contribution in [2.75, 3.05) is 21.9 Å². The maximum atomic E-state index is 13.1. The molecule has 0 aliphatic heterocycles. The number of sulfonamides is 1. The number of carbonyl (C=O) groups is 1. The van der Waals surface area contributed by atoms with Gasteiger partial charge in [-0.2, -0.15) is 0 Å². The third-order valence-electron chi connectivity index (χ3n) is 4.92. The number of carbonyl (C=O) groups excluding carboxylic acids is 1. The van der Waals surface area contributed by atoms with Crippen LogP contribution in [-0.2, 0) is 16.4 Å². The van der Waals surface area contributed by atoms with Crippen molar-refractivity contribution in [1.82, 2.24) is 0 Å². The lowest BCUT2D eigenvalue weighted by molar-refractivity contribution is 0.102. The summed E-state index contributed by atoms with van der Waals surface area (Å²) in [5, 5.41) is 7.96. The van der Waals surface area contributed by atoms with Gasteiger partial charge >= 0.3 is 0 Å². The third-order valence-corrected chi connectivity index (χ3v) is 7.69. The number of rotatable bonds is 9. The number of thiophene rings is 1. The average molecular weight is 478 g/mol. The Balaban J connectivity index is 1.48. The molecule has 1 amide bonds. The molecule has 168 valence electrons. The van der Waals surface area contributed by atoms with E-state index in [1.165, 1.54) is 11.6 Å². The van der Waals surface area contributed by atoms with Crippen LogP contribution in [0.2, 0.25) is 0 Å². The zero-order valence-corrected chi connectivity index (χ0v) is 19.3. The van der Waals surface area contributed by atoms with Gasteiger partial charge in [0.05, 0.1) is 22.6 Å². The van der Waals surface area contributed by atoms with Gasteiger partial charge in [-0.1, -0.05) is 60.7 Å². The molecular weight excluding hydrogens is 454 g/mol. The van der Waals surface area contributed by atoms with Gasteiger partial charge in [-0.15, -0.1) is 11.3 Å². The maximum Gasteiger partial charge on any atom is 0.271 e. The zero-order valence-electron chi connectivity index (χ0n) is 17.7. The van der Waals surface area contributed by atoms with Crippen LogP contribution < -0.4 is 15.4 Å². The molecule has 3 N–H and O–H groups in total. The van der Waals surface area contributed by atoms with Crippen LogP contribution in [0.15, 0.2) is 101 Å². The lowest BCUT2D eigenvalue weighted by Gasteiger charge is -2.15. The van der Waals surface area contributed by atoms with E-state index in [1.807, 2.05) is 36.4 Å². The summed E-state index contributed by atoms with van der Waals surface area (Å²) in [6.07, 6.45) is 0.844. The van der Waals surface area contributed by atoms with Crippen LogP contribution in [0.25, 0.3) is 0 Å². The smallest absolute Gasteiger partial charge is 0.271 e. The van der Waals surface area contributed by atoms with Gasteiger partial charge < -0.3 is 10.6 Å². The van der Waals surface area contributed by atoms with Crippen molar-refractivity contribution in [3.63, 3.8) is 0 Å². The van der Waals surface area contributed by atoms with Crippen molar-refractivity contribution in [3.05, 3.63) is 108 Å². The molecule has 4 rings (SSSR count). The van der Waals surface area contributed by atoms with E-state index in [9.17, 15) is 13.2 Å². The summed E-state index contributed by atoms with van der Waals surface area (Å²) >= 11 is 1.11. The molecule has 3 aromatic carbocycles. The number of nitrogens with one attached hydrogen (secondary N) is 3. The second-order valence-corrected chi connectivity index (χ2v) is 10.1. The number of amides is 1. The molecule has 0 atom stereocenters. The van der Waals surface area contributed by atoms with Crippen LogP contribution in [0.4, 0.5) is 17.1 Å². The predicted molar refractivity (Wildman–Crippen MR) is 135 cm³/mol. The molecule has 33 heavy (non-hydrogen) atoms. The van der Waals surface area contributed by atoms with E-state index in [1.54, 1.807) is 41.8 Å². The monoisotopic (exact) mass is 477 g/mol. The summed E-state index contributed by atoms with van der Waals surface area (Å²) in [5.74, 6) is -0.406. The van der Waals surface area contributed by atoms with Crippen molar-refractivity contribution < 1.29 is 13.2 Å². The van der Waals surface area contributed by atoms with Crippen LogP contribution >= 0.6 is 11.3 Å². The van der Waals surface area contributed by atoms with Gasteiger partial charge in [-0.05, 0) is 47.7 Å². The first-order valence-corrected chi connectivity index (χ1v) is 12.7. The lowest BCUT2D eigenvalue weighted by atomic mass is 10.1. The van der Waals surface area contributed by atoms with Crippen molar-refractivity contribution in [2.24, 2.45) is 0 Å². The van der Waals surface area contributed by atoms with Crippen LogP contribution in [0.5, 0.6) is 0 Å². The van der Waals surface area contributed by atoms with E-state index in [0.717, 1.165) is 23.4 Å². The van der Waals surface area contributed by atoms with E-state index < -0.39 is 15.9 Å². The summed E-state index contributed by atoms with van der Waals surface area (Å²) in [6.45, 7) is 0.702. The molecule has 0 unspecified atom stereocenters. The molecule has 4 aromatic rings. The third kappa shape index (κ3) is 5.79. The minimum absolute atomic E-state index is 0.186. The van der Waals surface area contributed by atoms with Gasteiger partial charge in [0.15, 0.2) is 0 Å². The number of anilines is 3. The summed E-state index contributed by atoms with van der Waals surface area (Å²) in [5.41, 5.74) is 3.08. The Labute approximate surface area is 197 Å². The van der Waals surface area contributed by atoms with E-state index in [4.69, 9.17) is 0 Å². The molecule has 6 nitrogen and oxygen atoms in total. The summed E-state index contributed by atoms with van der Waals surface area (Å²) in [7, 11) is -3.77. The van der Waals surface area contributed by atoms with Gasteiger partial charge in [-0.3, -0.25) is 9.52 Å². The fourth-order valence-corrected chi connectivity index (χ4v) is 5.38. The molecule has 0 fully saturated rings. The first kappa shape index (κ1) is 22.6. The highest BCUT2D eigenvalue weighted by molar-refractivity contribution is 7.94. The molecular formula is C25H23N3O3S2. The number of hydrogen-bond donors (Lipinski definition) is 3. The van der Waals surface area contributed by atoms with E-state index in [0.29, 0.717) is 12.2 Å². The molecule has 0 saturated heterocycles. The SMILES string of the molecule is O=C(Nc1ccccc1NCCc1ccccc1)c1ccccc1NS(=O)(=O)c1cccs1. The van der Waals surface area contributed by atoms with Gasteiger partial charge in [0.2, 0.25) is 0 Å². The average Bonchev–Trinajstić information content (AvgIpc) is 3.37. The molecule has 0 aliphatic carbocycles. The molecule has 0 aliphatic rings. The summed E-state index contributed by atoms with van der Waals surface area (Å²) < 4.78 is 28.0. The largest absolute Gasteiger partial charge is 0.383 e. The number of benzene rings is 3. The topological polar surface area (TPSA) is 87.3 Å². The normalized spacial score (nSPS) is 11.0. The Morgan fingerprint density at radius 3 is 2.15 bits per heavy atom. The Kier molecular flexibility index (Phi) is 7.07. The molecule has 1 heterocycles. The van der Waals surface area contributed by atoms with Gasteiger partial charge in [-0.25, -0.2) is 8.42 Å². The highest BCUT2D eigenvalue weighted by Crippen LogP contribution is 2.26. The molecule has 1 aromatic heterocycles. The van der Waals surface area contributed by atoms with E-state index >= 15 is 0 Å². The van der Waals surface area contributed by atoms with Crippen LogP contribution in [0.3, 0.4) is 0 Å². The second kappa shape index (κ2) is 10.3. The fourth-order valence-electron chi connectivity index (χ4n) is 3.30. The zero-order chi connectivity index (χ0) is 23.1. The number of hydrogen-bond acceptors (Lipinski definition) is 5. The summed E-state index contributed by atoms with van der Waals surface area (Å²) in [6, 6.07) is 27.3. The Hall–Kier alpha value is -3.62. The quantitative estimate of drug-likeness (QED) is 0.299. The van der Waals surface area contributed by atoms with Crippen molar-refractivity contribution in [1.29, 1.82) is 0 Å². The Bertz CT molecular complexity index is 1320. The first-order valence-electron chi connectivity index (χ1n) is 10.4. The fraction of sp³-hybridized carbons (Fsp3) is 0.0800. The van der Waals surface area contributed by atoms with Crippen molar-refractivity contribution in [2.45, 2.75) is 10.6 Å². The minimum atomic E-state index is -3.77. The van der Waals surface area contributed by atoms with E-state index in [-0.39, 0.29) is 15.5 Å². The van der Waals surface area contributed by atoms with Crippen LogP contribution in [-0.4, -0.2) is 20.9 Å². The van der Waals surface area contributed by atoms with Gasteiger partial charge in [0, 0.05) is 6.54 Å². The van der Waals surface area contributed by atoms with Crippen molar-refractivity contribution >= 4 is 44.3 Å². The standard InChI is InChI=1S/C25H23N3O3S2/c29-25(20-11-4-5-12-21(20)28-33(30,31)24-15-8-18-32-24)27-23-14-7-6-13-22(23)26-17-16-19-9-2-1-3-10-19/h1-15,18,26,28H,16-17H2,(H,27,29). The highest BCUT2D eigenvalue weighted by Gasteiger charge is 2.20. The molecule has 0 saturated carbocycles. The van der Waals surface area contributed by atoms with Crippen LogP contribution in [0, 0.1) is 0 Å². The molecule has 0 radical (unpaired) electrons. The Morgan fingerprint density at radius 1 is 0.758 bits per heavy atom. The maximum absolute atomic E-state index is 13.1.